The van der Waals surface area contributed by atoms with Crippen LogP contribution in [0.15, 0.2) is 133 Å². The number of hydrogen-bond donors (Lipinski definition) is 0. The molecule has 0 saturated carbocycles. The number of halogens is 16. The summed E-state index contributed by atoms with van der Waals surface area (Å²) in [7, 11) is 0. The van der Waals surface area contributed by atoms with Crippen molar-refractivity contribution in [2.75, 3.05) is 0 Å². The van der Waals surface area contributed by atoms with Crippen LogP contribution in [0, 0.1) is 69.8 Å². The first-order valence-electron chi connectivity index (χ1n) is 23.7. The van der Waals surface area contributed by atoms with Crippen LogP contribution in [-0.2, 0) is 25.1 Å². The van der Waals surface area contributed by atoms with Crippen molar-refractivity contribution in [3.8, 4) is 56.0 Å². The summed E-state index contributed by atoms with van der Waals surface area (Å²) in [6.07, 6.45) is -2.26. The smallest absolute Gasteiger partial charge is 0.429 e. The van der Waals surface area contributed by atoms with Gasteiger partial charge in [0.1, 0.15) is 57.5 Å². The van der Waals surface area contributed by atoms with Gasteiger partial charge in [-0.2, -0.15) is 17.6 Å². The molecule has 0 aliphatic heterocycles. The van der Waals surface area contributed by atoms with Gasteiger partial charge in [0.05, 0.1) is 0 Å². The second kappa shape index (κ2) is 24.1. The molecule has 8 aromatic rings. The summed E-state index contributed by atoms with van der Waals surface area (Å²) in [6.45, 7) is 4.20. The Morgan fingerprint density at radius 1 is 0.312 bits per heavy atom. The third-order valence-corrected chi connectivity index (χ3v) is 12.1. The summed E-state index contributed by atoms with van der Waals surface area (Å²) in [6, 6.07) is 25.4. The Kier molecular flexibility index (Phi) is 17.8. The van der Waals surface area contributed by atoms with E-state index in [-0.39, 0.29) is 46.5 Å². The van der Waals surface area contributed by atoms with Crippen molar-refractivity contribution in [3.63, 3.8) is 0 Å². The summed E-state index contributed by atoms with van der Waals surface area (Å²) in [5, 5.41) is 0. The van der Waals surface area contributed by atoms with Crippen LogP contribution in [0.2, 0.25) is 0 Å². The SMILES string of the molecule is CCCCCc1ccc(-c2ccc(-c3cc(F)c(C(F)(F)Oc4cc(F)c(F)c(F)c4)c(F)c3)c(F)c2)cc1.CCCCc1ccc(-c2ccc(-c3cc(F)c(C(F)(F)Oc4cc(F)c(F)c(F)c4)c(F)c3)c(F)c2)cc1. The first-order valence-corrected chi connectivity index (χ1v) is 23.7. The minimum absolute atomic E-state index is 0.103. The largest absolute Gasteiger partial charge is 0.432 e. The van der Waals surface area contributed by atoms with E-state index >= 15 is 0 Å². The van der Waals surface area contributed by atoms with Crippen LogP contribution < -0.4 is 9.47 Å². The molecule has 2 nitrogen and oxygen atoms in total. The standard InChI is InChI=1S/C30H22F8O.C29H20F8O/c1-2-3-4-5-17-6-8-18(9-7-17)19-10-11-22(23(31)12-19)20-13-24(32)28(25(33)14-20)30(37,38)39-21-15-26(34)29(36)27(35)16-21;1-2-3-4-16-5-7-17(8-6-16)18-9-10-21(22(30)11-18)19-12-23(31)27(24(32)13-19)29(36,37)38-20-14-25(33)28(35)26(34)15-20/h6-16H,2-5H2,1H3;5-15H,2-4H2,1H3. The molecule has 0 aliphatic carbocycles. The molecule has 402 valence electrons. The van der Waals surface area contributed by atoms with E-state index < -0.39 is 105 Å². The third kappa shape index (κ3) is 13.4. The molecule has 0 amide bonds. The summed E-state index contributed by atoms with van der Waals surface area (Å²) < 4.78 is 235. The number of unbranched alkanes of at least 4 members (excludes halogenated alkanes) is 3. The molecular weight excluding hydrogens is 1040 g/mol. The van der Waals surface area contributed by atoms with Crippen LogP contribution in [0.3, 0.4) is 0 Å². The minimum atomic E-state index is -4.74. The third-order valence-electron chi connectivity index (χ3n) is 12.1. The van der Waals surface area contributed by atoms with Crippen LogP contribution in [0.25, 0.3) is 44.5 Å². The number of hydrogen-bond acceptors (Lipinski definition) is 2. The minimum Gasteiger partial charge on any atom is -0.429 e. The molecule has 0 unspecified atom stereocenters. The highest BCUT2D eigenvalue weighted by Gasteiger charge is 2.43. The maximum absolute atomic E-state index is 15.0. The van der Waals surface area contributed by atoms with Crippen LogP contribution in [0.4, 0.5) is 70.2 Å². The Balaban J connectivity index is 0.000000224. The van der Waals surface area contributed by atoms with E-state index in [1.165, 1.54) is 30.3 Å². The Hall–Kier alpha value is -7.76. The van der Waals surface area contributed by atoms with Crippen LogP contribution in [0.1, 0.15) is 68.2 Å². The number of rotatable bonds is 17. The van der Waals surface area contributed by atoms with Crippen LogP contribution in [-0.4, -0.2) is 0 Å². The molecule has 0 saturated heterocycles. The van der Waals surface area contributed by atoms with Gasteiger partial charge in [0.15, 0.2) is 34.9 Å². The molecule has 0 atom stereocenters. The number of benzene rings is 8. The lowest BCUT2D eigenvalue weighted by Gasteiger charge is -2.20. The highest BCUT2D eigenvalue weighted by atomic mass is 19.3. The first-order chi connectivity index (χ1) is 36.5. The van der Waals surface area contributed by atoms with E-state index in [0.29, 0.717) is 41.0 Å². The van der Waals surface area contributed by atoms with E-state index in [4.69, 9.17) is 0 Å². The van der Waals surface area contributed by atoms with Gasteiger partial charge in [-0.25, -0.2) is 52.7 Å². The van der Waals surface area contributed by atoms with Gasteiger partial charge in [-0.1, -0.05) is 106 Å². The fraction of sp³-hybridized carbons (Fsp3) is 0.186. The monoisotopic (exact) mass is 1090 g/mol. The fourth-order valence-electron chi connectivity index (χ4n) is 8.14. The summed E-state index contributed by atoms with van der Waals surface area (Å²) in [5.41, 5.74) is -0.227. The molecule has 0 fully saturated rings. The lowest BCUT2D eigenvalue weighted by atomic mass is 9.97. The lowest BCUT2D eigenvalue weighted by Crippen LogP contribution is -2.25. The Morgan fingerprint density at radius 3 is 0.922 bits per heavy atom. The van der Waals surface area contributed by atoms with Crippen molar-refractivity contribution in [2.45, 2.75) is 71.0 Å². The zero-order chi connectivity index (χ0) is 55.9. The van der Waals surface area contributed by atoms with E-state index in [1.54, 1.807) is 0 Å². The molecule has 0 aromatic heterocycles. The zero-order valence-corrected chi connectivity index (χ0v) is 40.5. The molecule has 8 rings (SSSR count). The Bertz CT molecular complexity index is 3300. The Labute approximate surface area is 431 Å². The normalized spacial score (nSPS) is 11.6. The summed E-state index contributed by atoms with van der Waals surface area (Å²) in [5.74, 6) is -22.5. The van der Waals surface area contributed by atoms with Crippen molar-refractivity contribution < 1.29 is 79.7 Å². The van der Waals surface area contributed by atoms with Gasteiger partial charge < -0.3 is 9.47 Å². The van der Waals surface area contributed by atoms with Gasteiger partial charge >= 0.3 is 12.2 Å². The van der Waals surface area contributed by atoms with Crippen molar-refractivity contribution in [1.82, 2.24) is 0 Å². The van der Waals surface area contributed by atoms with E-state index in [2.05, 4.69) is 23.3 Å². The number of aryl methyl sites for hydroxylation is 2. The highest BCUT2D eigenvalue weighted by molar-refractivity contribution is 5.73. The second-order valence-electron chi connectivity index (χ2n) is 17.6. The molecule has 0 N–H and O–H groups in total. The van der Waals surface area contributed by atoms with Crippen LogP contribution in [0.5, 0.6) is 11.5 Å². The molecule has 0 aliphatic rings. The number of alkyl halides is 4. The van der Waals surface area contributed by atoms with Crippen molar-refractivity contribution in [2.24, 2.45) is 0 Å². The maximum Gasteiger partial charge on any atom is 0.432 e. The second-order valence-corrected chi connectivity index (χ2v) is 17.6. The van der Waals surface area contributed by atoms with Gasteiger partial charge in [-0.05, 0) is 107 Å². The van der Waals surface area contributed by atoms with Crippen molar-refractivity contribution in [1.29, 1.82) is 0 Å². The topological polar surface area (TPSA) is 18.5 Å². The van der Waals surface area contributed by atoms with Crippen LogP contribution >= 0.6 is 0 Å². The van der Waals surface area contributed by atoms with E-state index in [9.17, 15) is 70.2 Å². The molecule has 8 aromatic carbocycles. The lowest BCUT2D eigenvalue weighted by molar-refractivity contribution is -0.190. The highest BCUT2D eigenvalue weighted by Crippen LogP contribution is 2.41. The molecular formula is C59H42F16O2. The molecule has 0 heterocycles. The first kappa shape index (κ1) is 57.0. The zero-order valence-electron chi connectivity index (χ0n) is 40.5. The quantitative estimate of drug-likeness (QED) is 0.0514. The average molecular weight is 1090 g/mol. The predicted molar refractivity (Wildman–Crippen MR) is 258 cm³/mol. The van der Waals surface area contributed by atoms with Crippen molar-refractivity contribution in [3.05, 3.63) is 226 Å². The number of ether oxygens (including phenoxy) is 2. The molecule has 0 radical (unpaired) electrons. The van der Waals surface area contributed by atoms with Gasteiger partial charge in [0, 0.05) is 35.4 Å². The Morgan fingerprint density at radius 2 is 0.610 bits per heavy atom. The summed E-state index contributed by atoms with van der Waals surface area (Å²) in [4.78, 5) is 0. The molecule has 77 heavy (non-hydrogen) atoms. The fourth-order valence-corrected chi connectivity index (χ4v) is 8.14. The van der Waals surface area contributed by atoms with E-state index in [0.717, 1.165) is 67.7 Å². The van der Waals surface area contributed by atoms with Crippen molar-refractivity contribution >= 4 is 0 Å². The molecule has 18 heteroatoms. The van der Waals surface area contributed by atoms with Gasteiger partial charge in [0.25, 0.3) is 0 Å². The summed E-state index contributed by atoms with van der Waals surface area (Å²) >= 11 is 0. The van der Waals surface area contributed by atoms with Gasteiger partial charge in [0.2, 0.25) is 0 Å². The molecule has 0 spiro atoms. The predicted octanol–water partition coefficient (Wildman–Crippen LogP) is 19.0. The average Bonchev–Trinajstić information content (AvgIpc) is 3.36. The van der Waals surface area contributed by atoms with Gasteiger partial charge in [-0.15, -0.1) is 0 Å². The molecule has 0 bridgehead atoms. The maximum atomic E-state index is 15.0. The van der Waals surface area contributed by atoms with E-state index in [1.807, 2.05) is 48.5 Å². The van der Waals surface area contributed by atoms with Gasteiger partial charge in [-0.3, -0.25) is 0 Å².